The van der Waals surface area contributed by atoms with Crippen LogP contribution >= 0.6 is 23.2 Å². The van der Waals surface area contributed by atoms with Gasteiger partial charge in [0.05, 0.1) is 0 Å². The highest BCUT2D eigenvalue weighted by Crippen LogP contribution is 2.33. The van der Waals surface area contributed by atoms with Crippen LogP contribution in [0.3, 0.4) is 0 Å². The SMILES string of the molecule is CCC(Cl)(Cl)N(C(C)C)C(C)C. The summed E-state index contributed by atoms with van der Waals surface area (Å²) in [7, 11) is 0. The Morgan fingerprint density at radius 3 is 1.50 bits per heavy atom. The van der Waals surface area contributed by atoms with E-state index >= 15 is 0 Å². The van der Waals surface area contributed by atoms with Crippen LogP contribution in [0.4, 0.5) is 0 Å². The summed E-state index contributed by atoms with van der Waals surface area (Å²) in [4.78, 5) is 2.11. The van der Waals surface area contributed by atoms with Crippen molar-refractivity contribution in [3.63, 3.8) is 0 Å². The van der Waals surface area contributed by atoms with Gasteiger partial charge in [0.15, 0.2) is 4.46 Å². The van der Waals surface area contributed by atoms with E-state index in [0.29, 0.717) is 12.1 Å². The number of halogens is 2. The summed E-state index contributed by atoms with van der Waals surface area (Å²) in [5.41, 5.74) is 0. The minimum atomic E-state index is -0.720. The summed E-state index contributed by atoms with van der Waals surface area (Å²) >= 11 is 12.3. The zero-order valence-electron chi connectivity index (χ0n) is 8.56. The predicted molar refractivity (Wildman–Crippen MR) is 56.8 cm³/mol. The van der Waals surface area contributed by atoms with Crippen LogP contribution < -0.4 is 0 Å². The van der Waals surface area contributed by atoms with Crippen LogP contribution in [0.25, 0.3) is 0 Å². The molecule has 0 bridgehead atoms. The van der Waals surface area contributed by atoms with Gasteiger partial charge in [0, 0.05) is 12.1 Å². The van der Waals surface area contributed by atoms with E-state index in [-0.39, 0.29) is 0 Å². The zero-order valence-corrected chi connectivity index (χ0v) is 10.1. The van der Waals surface area contributed by atoms with Crippen molar-refractivity contribution in [2.24, 2.45) is 0 Å². The number of rotatable bonds is 4. The summed E-state index contributed by atoms with van der Waals surface area (Å²) in [6.07, 6.45) is 0.743. The molecule has 1 nitrogen and oxygen atoms in total. The molecule has 0 unspecified atom stereocenters. The number of hydrogen-bond donors (Lipinski definition) is 0. The first-order chi connectivity index (χ1) is 5.33. The van der Waals surface area contributed by atoms with Crippen molar-refractivity contribution in [1.29, 1.82) is 0 Å². The van der Waals surface area contributed by atoms with Gasteiger partial charge in [-0.3, -0.25) is 4.90 Å². The standard InChI is InChI=1S/C9H19Cl2N/c1-6-9(10,11)12(7(2)3)8(4)5/h7-8H,6H2,1-5H3. The molecule has 0 radical (unpaired) electrons. The second-order valence-corrected chi connectivity index (χ2v) is 5.06. The molecule has 0 rings (SSSR count). The Kier molecular flexibility index (Phi) is 4.90. The van der Waals surface area contributed by atoms with Gasteiger partial charge in [0.1, 0.15) is 0 Å². The lowest BCUT2D eigenvalue weighted by Gasteiger charge is -2.39. The maximum Gasteiger partial charge on any atom is 0.171 e. The van der Waals surface area contributed by atoms with Gasteiger partial charge >= 0.3 is 0 Å². The molecule has 0 aromatic rings. The van der Waals surface area contributed by atoms with Gasteiger partial charge in [0.25, 0.3) is 0 Å². The second kappa shape index (κ2) is 4.69. The Hall–Kier alpha value is 0.540. The first kappa shape index (κ1) is 12.5. The topological polar surface area (TPSA) is 3.24 Å². The number of hydrogen-bond acceptors (Lipinski definition) is 1. The quantitative estimate of drug-likeness (QED) is 0.508. The van der Waals surface area contributed by atoms with E-state index in [2.05, 4.69) is 32.6 Å². The molecule has 12 heavy (non-hydrogen) atoms. The fourth-order valence-electron chi connectivity index (χ4n) is 1.53. The van der Waals surface area contributed by atoms with Gasteiger partial charge in [-0.25, -0.2) is 0 Å². The van der Waals surface area contributed by atoms with Crippen molar-refractivity contribution < 1.29 is 0 Å². The van der Waals surface area contributed by atoms with Crippen molar-refractivity contribution in [2.75, 3.05) is 0 Å². The highest BCUT2D eigenvalue weighted by atomic mass is 35.5. The predicted octanol–water partition coefficient (Wildman–Crippen LogP) is 3.65. The van der Waals surface area contributed by atoms with Crippen molar-refractivity contribution in [3.8, 4) is 0 Å². The summed E-state index contributed by atoms with van der Waals surface area (Å²) in [6, 6.07) is 0.750. The average molecular weight is 212 g/mol. The minimum absolute atomic E-state index is 0.375. The van der Waals surface area contributed by atoms with Gasteiger partial charge in [0.2, 0.25) is 0 Å². The van der Waals surface area contributed by atoms with E-state index in [1.807, 2.05) is 6.92 Å². The summed E-state index contributed by atoms with van der Waals surface area (Å²) < 4.78 is -0.720. The van der Waals surface area contributed by atoms with Crippen molar-refractivity contribution in [2.45, 2.75) is 57.6 Å². The number of nitrogens with zero attached hydrogens (tertiary/aromatic N) is 1. The molecule has 0 aliphatic carbocycles. The first-order valence-electron chi connectivity index (χ1n) is 4.49. The molecule has 0 fully saturated rings. The molecule has 0 saturated carbocycles. The Morgan fingerprint density at radius 1 is 1.08 bits per heavy atom. The fourth-order valence-corrected chi connectivity index (χ4v) is 2.32. The molecule has 0 spiro atoms. The van der Waals surface area contributed by atoms with E-state index in [1.54, 1.807) is 0 Å². The maximum atomic E-state index is 6.17. The van der Waals surface area contributed by atoms with Gasteiger partial charge in [-0.15, -0.1) is 0 Å². The molecular formula is C9H19Cl2N. The molecule has 0 saturated heterocycles. The largest absolute Gasteiger partial charge is 0.268 e. The highest BCUT2D eigenvalue weighted by Gasteiger charge is 2.33. The smallest absolute Gasteiger partial charge is 0.171 e. The molecule has 0 aromatic heterocycles. The summed E-state index contributed by atoms with van der Waals surface area (Å²) in [6.45, 7) is 10.4. The van der Waals surface area contributed by atoms with Crippen LogP contribution in [0.2, 0.25) is 0 Å². The van der Waals surface area contributed by atoms with Crippen molar-refractivity contribution >= 4 is 23.2 Å². The van der Waals surface area contributed by atoms with E-state index in [0.717, 1.165) is 6.42 Å². The molecule has 0 atom stereocenters. The molecule has 0 aliphatic rings. The molecule has 0 amide bonds. The van der Waals surface area contributed by atoms with Crippen LogP contribution in [0.15, 0.2) is 0 Å². The lowest BCUT2D eigenvalue weighted by molar-refractivity contribution is 0.130. The Bertz CT molecular complexity index is 124. The van der Waals surface area contributed by atoms with Gasteiger partial charge in [-0.2, -0.15) is 0 Å². The van der Waals surface area contributed by atoms with E-state index < -0.39 is 4.46 Å². The molecule has 0 aromatic carbocycles. The maximum absolute atomic E-state index is 6.17. The lowest BCUT2D eigenvalue weighted by Crippen LogP contribution is -2.48. The molecular weight excluding hydrogens is 193 g/mol. The van der Waals surface area contributed by atoms with Gasteiger partial charge in [-0.1, -0.05) is 30.1 Å². The van der Waals surface area contributed by atoms with Crippen LogP contribution in [0.1, 0.15) is 41.0 Å². The van der Waals surface area contributed by atoms with Crippen LogP contribution in [0, 0.1) is 0 Å². The van der Waals surface area contributed by atoms with E-state index in [9.17, 15) is 0 Å². The van der Waals surface area contributed by atoms with Crippen LogP contribution in [-0.2, 0) is 0 Å². The fraction of sp³-hybridized carbons (Fsp3) is 1.00. The molecule has 0 N–H and O–H groups in total. The third kappa shape index (κ3) is 3.12. The zero-order chi connectivity index (χ0) is 9.94. The Labute approximate surface area is 86.0 Å². The third-order valence-corrected chi connectivity index (χ3v) is 2.84. The minimum Gasteiger partial charge on any atom is -0.268 e. The van der Waals surface area contributed by atoms with Crippen molar-refractivity contribution in [3.05, 3.63) is 0 Å². The van der Waals surface area contributed by atoms with Crippen LogP contribution in [-0.4, -0.2) is 21.4 Å². The lowest BCUT2D eigenvalue weighted by atomic mass is 10.2. The normalized spacial score (nSPS) is 13.5. The second-order valence-electron chi connectivity index (χ2n) is 3.61. The van der Waals surface area contributed by atoms with Crippen molar-refractivity contribution in [1.82, 2.24) is 4.90 Å². The molecule has 0 aliphatic heterocycles. The molecule has 3 heteroatoms. The molecule has 0 heterocycles. The van der Waals surface area contributed by atoms with E-state index in [4.69, 9.17) is 23.2 Å². The monoisotopic (exact) mass is 211 g/mol. The summed E-state index contributed by atoms with van der Waals surface area (Å²) in [5.74, 6) is 0. The third-order valence-electron chi connectivity index (χ3n) is 1.92. The van der Waals surface area contributed by atoms with E-state index in [1.165, 1.54) is 0 Å². The van der Waals surface area contributed by atoms with Crippen LogP contribution in [0.5, 0.6) is 0 Å². The summed E-state index contributed by atoms with van der Waals surface area (Å²) in [5, 5.41) is 0. The average Bonchev–Trinajstić information content (AvgIpc) is 1.84. The first-order valence-corrected chi connectivity index (χ1v) is 5.24. The number of alkyl halides is 2. The van der Waals surface area contributed by atoms with Gasteiger partial charge in [-0.05, 0) is 34.1 Å². The Balaban J connectivity index is 4.50. The highest BCUT2D eigenvalue weighted by molar-refractivity contribution is 6.48. The Morgan fingerprint density at radius 2 is 1.42 bits per heavy atom. The van der Waals surface area contributed by atoms with Gasteiger partial charge < -0.3 is 0 Å². The molecule has 74 valence electrons.